The zero-order valence-electron chi connectivity index (χ0n) is 10.3. The molecule has 1 aromatic rings. The first kappa shape index (κ1) is 13.7. The van der Waals surface area contributed by atoms with Gasteiger partial charge in [-0.3, -0.25) is 15.1 Å². The highest BCUT2D eigenvalue weighted by Gasteiger charge is 2.09. The molecule has 0 aliphatic heterocycles. The van der Waals surface area contributed by atoms with Crippen molar-refractivity contribution in [2.24, 2.45) is 5.84 Å². The summed E-state index contributed by atoms with van der Waals surface area (Å²) in [6, 6.07) is 1.71. The van der Waals surface area contributed by atoms with Gasteiger partial charge in [0.05, 0.1) is 12.1 Å². The summed E-state index contributed by atoms with van der Waals surface area (Å²) in [6.45, 7) is 2.64. The van der Waals surface area contributed by atoms with E-state index in [2.05, 4.69) is 15.6 Å². The number of carbonyl (C=O) groups is 1. The fourth-order valence-electron chi connectivity index (χ4n) is 1.54. The van der Waals surface area contributed by atoms with E-state index in [4.69, 9.17) is 10.3 Å². The largest absolute Gasteiger partial charge is 0.467 e. The molecule has 0 spiro atoms. The van der Waals surface area contributed by atoms with Crippen LogP contribution in [-0.4, -0.2) is 38.0 Å². The maximum Gasteiger partial charge on any atom is 0.268 e. The van der Waals surface area contributed by atoms with Crippen molar-refractivity contribution in [3.05, 3.63) is 23.7 Å². The van der Waals surface area contributed by atoms with Gasteiger partial charge in [-0.1, -0.05) is 0 Å². The zero-order valence-corrected chi connectivity index (χ0v) is 10.3. The minimum atomic E-state index is -0.335. The monoisotopic (exact) mass is 240 g/mol. The molecule has 0 bridgehead atoms. The van der Waals surface area contributed by atoms with Gasteiger partial charge in [0, 0.05) is 0 Å². The summed E-state index contributed by atoms with van der Waals surface area (Å²) < 4.78 is 5.29. The predicted molar refractivity (Wildman–Crippen MR) is 65.2 cm³/mol. The summed E-state index contributed by atoms with van der Waals surface area (Å²) in [7, 11) is 3.95. The summed E-state index contributed by atoms with van der Waals surface area (Å²) >= 11 is 0. The van der Waals surface area contributed by atoms with Crippen LogP contribution in [-0.2, 0) is 6.54 Å². The van der Waals surface area contributed by atoms with Crippen molar-refractivity contribution < 1.29 is 9.21 Å². The number of nitrogen functional groups attached to an aromatic ring is 1. The van der Waals surface area contributed by atoms with Crippen LogP contribution in [0.25, 0.3) is 0 Å². The summed E-state index contributed by atoms with van der Waals surface area (Å²) in [4.78, 5) is 13.3. The molecule has 1 rings (SSSR count). The molecule has 0 aromatic carbocycles. The Morgan fingerprint density at radius 1 is 1.59 bits per heavy atom. The zero-order chi connectivity index (χ0) is 12.7. The smallest absolute Gasteiger partial charge is 0.268 e. The minimum Gasteiger partial charge on any atom is -0.467 e. The molecule has 0 saturated carbocycles. The van der Waals surface area contributed by atoms with Crippen LogP contribution in [0.15, 0.2) is 16.7 Å². The fraction of sp³-hybridized carbons (Fsp3) is 0.545. The highest BCUT2D eigenvalue weighted by atomic mass is 16.3. The van der Waals surface area contributed by atoms with Crippen molar-refractivity contribution >= 4 is 5.91 Å². The Hall–Kier alpha value is -1.37. The normalized spacial score (nSPS) is 10.8. The third-order valence-electron chi connectivity index (χ3n) is 2.44. The Kier molecular flexibility index (Phi) is 5.68. The van der Waals surface area contributed by atoms with Crippen LogP contribution in [0.4, 0.5) is 0 Å². The Morgan fingerprint density at radius 3 is 3.00 bits per heavy atom. The van der Waals surface area contributed by atoms with Crippen molar-refractivity contribution in [2.75, 3.05) is 27.2 Å². The molecule has 6 nitrogen and oxygen atoms in total. The van der Waals surface area contributed by atoms with E-state index in [1.54, 1.807) is 6.07 Å². The molecule has 0 saturated heterocycles. The van der Waals surface area contributed by atoms with Crippen LogP contribution in [0, 0.1) is 0 Å². The second-order valence-corrected chi connectivity index (χ2v) is 3.97. The minimum absolute atomic E-state index is 0.335. The second-order valence-electron chi connectivity index (χ2n) is 3.97. The lowest BCUT2D eigenvalue weighted by Crippen LogP contribution is -2.29. The van der Waals surface area contributed by atoms with Crippen molar-refractivity contribution in [1.29, 1.82) is 0 Å². The first-order chi connectivity index (χ1) is 8.17. The first-order valence-corrected chi connectivity index (χ1v) is 5.59. The van der Waals surface area contributed by atoms with Crippen molar-refractivity contribution in [3.8, 4) is 0 Å². The number of amides is 1. The van der Waals surface area contributed by atoms with E-state index < -0.39 is 0 Å². The van der Waals surface area contributed by atoms with Gasteiger partial charge >= 0.3 is 0 Å². The molecule has 0 aliphatic carbocycles. The Morgan fingerprint density at radius 2 is 2.35 bits per heavy atom. The van der Waals surface area contributed by atoms with Gasteiger partial charge in [0.25, 0.3) is 5.91 Å². The fourth-order valence-corrected chi connectivity index (χ4v) is 1.54. The van der Waals surface area contributed by atoms with E-state index in [0.29, 0.717) is 12.1 Å². The van der Waals surface area contributed by atoms with E-state index >= 15 is 0 Å². The lowest BCUT2D eigenvalue weighted by molar-refractivity contribution is 0.0953. The average molecular weight is 240 g/mol. The SMILES string of the molecule is CNCCCN(C)Cc1cc(C(=O)NN)co1. The van der Waals surface area contributed by atoms with Crippen LogP contribution in [0.2, 0.25) is 0 Å². The van der Waals surface area contributed by atoms with Gasteiger partial charge in [0.15, 0.2) is 0 Å². The number of nitrogens with one attached hydrogen (secondary N) is 2. The molecule has 17 heavy (non-hydrogen) atoms. The molecule has 1 heterocycles. The van der Waals surface area contributed by atoms with Crippen molar-refractivity contribution in [3.63, 3.8) is 0 Å². The number of carbonyl (C=O) groups excluding carboxylic acids is 1. The molecule has 96 valence electrons. The lowest BCUT2D eigenvalue weighted by atomic mass is 10.3. The summed E-state index contributed by atoms with van der Waals surface area (Å²) in [5.74, 6) is 5.46. The highest BCUT2D eigenvalue weighted by Crippen LogP contribution is 2.09. The number of hydrazine groups is 1. The van der Waals surface area contributed by atoms with Crippen LogP contribution in [0.1, 0.15) is 22.5 Å². The molecule has 0 fully saturated rings. The van der Waals surface area contributed by atoms with Crippen molar-refractivity contribution in [2.45, 2.75) is 13.0 Å². The van der Waals surface area contributed by atoms with Crippen molar-refractivity contribution in [1.82, 2.24) is 15.6 Å². The third kappa shape index (κ3) is 4.56. The molecule has 0 radical (unpaired) electrons. The molecule has 0 atom stereocenters. The molecular formula is C11H20N4O2. The van der Waals surface area contributed by atoms with E-state index in [0.717, 1.165) is 25.3 Å². The van der Waals surface area contributed by atoms with E-state index in [-0.39, 0.29) is 5.91 Å². The molecule has 6 heteroatoms. The molecule has 1 amide bonds. The standard InChI is InChI=1S/C11H20N4O2/c1-13-4-3-5-15(2)7-10-6-9(8-17-10)11(16)14-12/h6,8,13H,3-5,7,12H2,1-2H3,(H,14,16). The van der Waals surface area contributed by atoms with E-state index in [1.165, 1.54) is 6.26 Å². The van der Waals surface area contributed by atoms with Gasteiger partial charge in [-0.05, 0) is 39.7 Å². The summed E-state index contributed by atoms with van der Waals surface area (Å²) in [6.07, 6.45) is 2.49. The van der Waals surface area contributed by atoms with Gasteiger partial charge < -0.3 is 9.73 Å². The topological polar surface area (TPSA) is 83.5 Å². The quantitative estimate of drug-likeness (QED) is 0.269. The third-order valence-corrected chi connectivity index (χ3v) is 2.44. The number of hydrogen-bond donors (Lipinski definition) is 3. The van der Waals surface area contributed by atoms with E-state index in [9.17, 15) is 4.79 Å². The van der Waals surface area contributed by atoms with Gasteiger partial charge in [-0.15, -0.1) is 0 Å². The molecule has 1 aromatic heterocycles. The lowest BCUT2D eigenvalue weighted by Gasteiger charge is -2.14. The molecule has 4 N–H and O–H groups in total. The second kappa shape index (κ2) is 7.05. The molecular weight excluding hydrogens is 220 g/mol. The Bertz CT molecular complexity index is 351. The van der Waals surface area contributed by atoms with Crippen LogP contribution >= 0.6 is 0 Å². The Balaban J connectivity index is 2.40. The first-order valence-electron chi connectivity index (χ1n) is 5.59. The number of nitrogens with two attached hydrogens (primary N) is 1. The summed E-state index contributed by atoms with van der Waals surface area (Å²) in [5, 5.41) is 3.10. The molecule has 0 unspecified atom stereocenters. The number of nitrogens with zero attached hydrogens (tertiary/aromatic N) is 1. The van der Waals surface area contributed by atoms with Crippen LogP contribution in [0.5, 0.6) is 0 Å². The number of hydrogen-bond acceptors (Lipinski definition) is 5. The Labute approximate surface area is 101 Å². The maximum absolute atomic E-state index is 11.2. The van der Waals surface area contributed by atoms with Gasteiger partial charge in [-0.2, -0.15) is 0 Å². The van der Waals surface area contributed by atoms with Gasteiger partial charge in [-0.25, -0.2) is 5.84 Å². The highest BCUT2D eigenvalue weighted by molar-refractivity contribution is 5.93. The molecule has 0 aliphatic rings. The van der Waals surface area contributed by atoms with Gasteiger partial charge in [0.2, 0.25) is 0 Å². The van der Waals surface area contributed by atoms with E-state index in [1.807, 2.05) is 14.1 Å². The number of rotatable bonds is 7. The number of furan rings is 1. The average Bonchev–Trinajstić information content (AvgIpc) is 2.77. The van der Waals surface area contributed by atoms with Gasteiger partial charge in [0.1, 0.15) is 12.0 Å². The van der Waals surface area contributed by atoms with Crippen LogP contribution < -0.4 is 16.6 Å². The van der Waals surface area contributed by atoms with Crippen LogP contribution in [0.3, 0.4) is 0 Å². The maximum atomic E-state index is 11.2. The summed E-state index contributed by atoms with van der Waals surface area (Å²) in [5.41, 5.74) is 2.52. The predicted octanol–water partition coefficient (Wildman–Crippen LogP) is -0.0756.